The number of halogens is 1. The second-order valence-electron chi connectivity index (χ2n) is 8.63. The van der Waals surface area contributed by atoms with Crippen LogP contribution in [-0.2, 0) is 4.74 Å². The highest BCUT2D eigenvalue weighted by Crippen LogP contribution is 2.40. The zero-order valence-electron chi connectivity index (χ0n) is 16.8. The Labute approximate surface area is 171 Å². The van der Waals surface area contributed by atoms with Crippen LogP contribution in [0, 0.1) is 5.82 Å². The minimum absolute atomic E-state index is 0.283. The first-order chi connectivity index (χ1) is 14.5. The number of rotatable bonds is 3. The van der Waals surface area contributed by atoms with Gasteiger partial charge in [0, 0.05) is 17.8 Å². The van der Waals surface area contributed by atoms with Crippen molar-refractivity contribution >= 4 is 22.4 Å². The summed E-state index contributed by atoms with van der Waals surface area (Å²) in [5.74, 6) is 1.85. The zero-order chi connectivity index (χ0) is 20.5. The number of aromatic nitrogens is 5. The molecule has 1 saturated carbocycles. The number of ether oxygens (including phenoxy) is 1. The monoisotopic (exact) mass is 408 g/mol. The number of benzene rings is 1. The summed E-state index contributed by atoms with van der Waals surface area (Å²) in [6, 6.07) is 4.74. The van der Waals surface area contributed by atoms with E-state index in [1.54, 1.807) is 12.4 Å². The van der Waals surface area contributed by atoms with Crippen LogP contribution in [0.5, 0.6) is 0 Å². The van der Waals surface area contributed by atoms with Gasteiger partial charge in [-0.15, -0.1) is 0 Å². The smallest absolute Gasteiger partial charge is 0.230 e. The van der Waals surface area contributed by atoms with E-state index in [1.807, 2.05) is 4.40 Å². The van der Waals surface area contributed by atoms with Gasteiger partial charge in [0.25, 0.3) is 0 Å². The van der Waals surface area contributed by atoms with Crippen LogP contribution in [0.3, 0.4) is 0 Å². The lowest BCUT2D eigenvalue weighted by Crippen LogP contribution is -2.53. The van der Waals surface area contributed by atoms with E-state index in [0.717, 1.165) is 23.7 Å². The summed E-state index contributed by atoms with van der Waals surface area (Å²) in [6.45, 7) is 6.02. The Bertz CT molecular complexity index is 1280. The van der Waals surface area contributed by atoms with Gasteiger partial charge >= 0.3 is 0 Å². The van der Waals surface area contributed by atoms with Crippen molar-refractivity contribution in [2.24, 2.45) is 0 Å². The van der Waals surface area contributed by atoms with Gasteiger partial charge in [-0.3, -0.25) is 4.40 Å². The van der Waals surface area contributed by atoms with Crippen LogP contribution in [0.1, 0.15) is 38.5 Å². The maximum Gasteiger partial charge on any atom is 0.230 e. The first-order valence-electron chi connectivity index (χ1n) is 10.2. The highest BCUT2D eigenvalue weighted by Gasteiger charge is 2.34. The molecule has 0 spiro atoms. The van der Waals surface area contributed by atoms with Gasteiger partial charge in [-0.2, -0.15) is 4.98 Å². The molecule has 6 rings (SSSR count). The molecule has 4 aromatic rings. The number of fused-ring (bicyclic) bond motifs is 3. The predicted octanol–water partition coefficient (Wildman–Crippen LogP) is 3.56. The summed E-state index contributed by atoms with van der Waals surface area (Å²) in [7, 11) is 0. The normalized spacial score (nSPS) is 19.1. The van der Waals surface area contributed by atoms with Crippen molar-refractivity contribution in [2.45, 2.75) is 38.1 Å². The molecule has 8 nitrogen and oxygen atoms in total. The van der Waals surface area contributed by atoms with Crippen molar-refractivity contribution in [1.82, 2.24) is 24.5 Å². The summed E-state index contributed by atoms with van der Waals surface area (Å²) in [5.41, 5.74) is 1.72. The molecular weight excluding hydrogens is 387 g/mol. The average molecular weight is 408 g/mol. The van der Waals surface area contributed by atoms with Crippen molar-refractivity contribution in [3.05, 3.63) is 36.2 Å². The van der Waals surface area contributed by atoms with Crippen molar-refractivity contribution in [2.75, 3.05) is 24.7 Å². The second-order valence-corrected chi connectivity index (χ2v) is 8.63. The van der Waals surface area contributed by atoms with Gasteiger partial charge in [0.15, 0.2) is 11.3 Å². The Morgan fingerprint density at radius 2 is 2.07 bits per heavy atom. The van der Waals surface area contributed by atoms with E-state index in [0.29, 0.717) is 54.6 Å². The Morgan fingerprint density at radius 3 is 2.87 bits per heavy atom. The maximum absolute atomic E-state index is 14.2. The fourth-order valence-corrected chi connectivity index (χ4v) is 4.12. The lowest BCUT2D eigenvalue weighted by atomic mass is 10.0. The van der Waals surface area contributed by atoms with Gasteiger partial charge in [0.1, 0.15) is 18.0 Å². The third-order valence-corrected chi connectivity index (χ3v) is 5.89. The molecule has 0 bridgehead atoms. The van der Waals surface area contributed by atoms with Crippen LogP contribution in [0.15, 0.2) is 29.0 Å². The molecule has 9 heteroatoms. The van der Waals surface area contributed by atoms with Gasteiger partial charge in [-0.25, -0.2) is 14.4 Å². The van der Waals surface area contributed by atoms with Crippen LogP contribution < -0.4 is 4.90 Å². The molecular formula is C21H21FN6O2. The second kappa shape index (κ2) is 6.21. The van der Waals surface area contributed by atoms with Gasteiger partial charge in [0.05, 0.1) is 24.3 Å². The highest BCUT2D eigenvalue weighted by molar-refractivity contribution is 5.94. The summed E-state index contributed by atoms with van der Waals surface area (Å²) in [6.07, 6.45) is 3.84. The molecule has 0 N–H and O–H groups in total. The molecule has 1 aliphatic heterocycles. The summed E-state index contributed by atoms with van der Waals surface area (Å²) in [5, 5.41) is 4.87. The number of hydrogen-bond donors (Lipinski definition) is 0. The van der Waals surface area contributed by atoms with Gasteiger partial charge < -0.3 is 14.2 Å². The van der Waals surface area contributed by atoms with Crippen LogP contribution in [-0.4, -0.2) is 49.8 Å². The van der Waals surface area contributed by atoms with E-state index in [9.17, 15) is 4.39 Å². The van der Waals surface area contributed by atoms with E-state index in [2.05, 4.69) is 33.9 Å². The van der Waals surface area contributed by atoms with Crippen LogP contribution in [0.2, 0.25) is 0 Å². The summed E-state index contributed by atoms with van der Waals surface area (Å²) in [4.78, 5) is 16.2. The van der Waals surface area contributed by atoms with Crippen molar-refractivity contribution in [3.8, 4) is 11.5 Å². The molecule has 3 aromatic heterocycles. The van der Waals surface area contributed by atoms with Crippen molar-refractivity contribution < 1.29 is 13.7 Å². The molecule has 0 radical (unpaired) electrons. The minimum atomic E-state index is -0.302. The molecule has 0 amide bonds. The lowest BCUT2D eigenvalue weighted by Gasteiger charge is -2.43. The SMILES string of the molecule is CC1(C)COCCN1c1nc2c(-c3noc(C4CC4)n3)ncn2c2ccc(F)cc12. The van der Waals surface area contributed by atoms with Gasteiger partial charge in [-0.05, 0) is 44.9 Å². The first kappa shape index (κ1) is 17.8. The Balaban J connectivity index is 1.60. The van der Waals surface area contributed by atoms with E-state index in [1.165, 1.54) is 12.1 Å². The van der Waals surface area contributed by atoms with E-state index in [4.69, 9.17) is 14.2 Å². The van der Waals surface area contributed by atoms with Gasteiger partial charge in [-0.1, -0.05) is 5.16 Å². The molecule has 1 aliphatic carbocycles. The molecule has 2 fully saturated rings. The number of imidazole rings is 1. The molecule has 2 aliphatic rings. The minimum Gasteiger partial charge on any atom is -0.377 e. The van der Waals surface area contributed by atoms with E-state index >= 15 is 0 Å². The van der Waals surface area contributed by atoms with Crippen LogP contribution in [0.4, 0.5) is 10.2 Å². The molecule has 0 unspecified atom stereocenters. The Kier molecular flexibility index (Phi) is 3.68. The maximum atomic E-state index is 14.2. The lowest BCUT2D eigenvalue weighted by molar-refractivity contribution is 0.0641. The molecule has 154 valence electrons. The zero-order valence-corrected chi connectivity index (χ0v) is 16.8. The quantitative estimate of drug-likeness (QED) is 0.513. The molecule has 0 atom stereocenters. The van der Waals surface area contributed by atoms with Crippen molar-refractivity contribution in [1.29, 1.82) is 0 Å². The van der Waals surface area contributed by atoms with E-state index < -0.39 is 0 Å². The number of anilines is 1. The summed E-state index contributed by atoms with van der Waals surface area (Å²) >= 11 is 0. The largest absolute Gasteiger partial charge is 0.377 e. The molecule has 30 heavy (non-hydrogen) atoms. The van der Waals surface area contributed by atoms with Gasteiger partial charge in [0.2, 0.25) is 11.7 Å². The van der Waals surface area contributed by atoms with Crippen molar-refractivity contribution in [3.63, 3.8) is 0 Å². The predicted molar refractivity (Wildman–Crippen MR) is 108 cm³/mol. The first-order valence-corrected chi connectivity index (χ1v) is 10.2. The third kappa shape index (κ3) is 2.68. The molecule has 1 saturated heterocycles. The fraction of sp³-hybridized carbons (Fsp3) is 0.429. The molecule has 1 aromatic carbocycles. The highest BCUT2D eigenvalue weighted by atomic mass is 19.1. The topological polar surface area (TPSA) is 81.6 Å². The number of morpholine rings is 1. The molecule has 4 heterocycles. The standard InChI is InChI=1S/C21H21FN6O2/c1-21(2)10-29-8-7-28(21)18-14-9-13(22)5-6-15(14)27-11-23-16(19(27)25-18)17-24-20(30-26-17)12-3-4-12/h5-6,9,11-12H,3-4,7-8,10H2,1-2H3. The Hall–Kier alpha value is -3.07. The average Bonchev–Trinajstić information content (AvgIpc) is 3.30. The summed E-state index contributed by atoms with van der Waals surface area (Å²) < 4.78 is 27.2. The number of nitrogens with zero attached hydrogens (tertiary/aromatic N) is 6. The van der Waals surface area contributed by atoms with Crippen LogP contribution >= 0.6 is 0 Å². The van der Waals surface area contributed by atoms with E-state index in [-0.39, 0.29) is 11.4 Å². The number of hydrogen-bond acceptors (Lipinski definition) is 7. The third-order valence-electron chi connectivity index (χ3n) is 5.89. The fourth-order valence-electron chi connectivity index (χ4n) is 4.12. The Morgan fingerprint density at radius 1 is 1.20 bits per heavy atom. The van der Waals surface area contributed by atoms with Crippen LogP contribution in [0.25, 0.3) is 28.1 Å².